The molecule has 0 amide bonds. The number of ether oxygens (including phenoxy) is 1. The van der Waals surface area contributed by atoms with Crippen LogP contribution in [0.5, 0.6) is 11.5 Å². The predicted octanol–water partition coefficient (Wildman–Crippen LogP) is 5.03. The molecule has 29 heavy (non-hydrogen) atoms. The molecule has 0 aliphatic rings. The number of benzene rings is 1. The molecule has 0 radical (unpaired) electrons. The second-order valence-electron chi connectivity index (χ2n) is 6.56. The number of aromatic nitrogens is 1. The van der Waals surface area contributed by atoms with Crippen molar-refractivity contribution in [3.63, 3.8) is 0 Å². The summed E-state index contributed by atoms with van der Waals surface area (Å²) in [6.07, 6.45) is 1.61. The van der Waals surface area contributed by atoms with Gasteiger partial charge >= 0.3 is 5.97 Å². The number of phenols is 1. The lowest BCUT2D eigenvalue weighted by atomic mass is 10.1. The number of pyridine rings is 1. The third-order valence-electron chi connectivity index (χ3n) is 4.47. The van der Waals surface area contributed by atoms with Crippen molar-refractivity contribution < 1.29 is 19.7 Å². The van der Waals surface area contributed by atoms with Gasteiger partial charge in [-0.3, -0.25) is 4.79 Å². The number of nitrogens with zero attached hydrogens (tertiary/aromatic N) is 1. The fourth-order valence-corrected chi connectivity index (χ4v) is 3.86. The van der Waals surface area contributed by atoms with Gasteiger partial charge in [0.2, 0.25) is 0 Å². The maximum atomic E-state index is 10.7. The summed E-state index contributed by atoms with van der Waals surface area (Å²) in [7, 11) is 1.51. The van der Waals surface area contributed by atoms with E-state index in [-0.39, 0.29) is 12.2 Å². The number of phenolic OH excluding ortho intramolecular Hbond substituents is 1. The highest BCUT2D eigenvalue weighted by Gasteiger charge is 2.11. The zero-order valence-electron chi connectivity index (χ0n) is 16.4. The second kappa shape index (κ2) is 9.43. The van der Waals surface area contributed by atoms with Crippen molar-refractivity contribution in [1.82, 2.24) is 4.98 Å². The van der Waals surface area contributed by atoms with Gasteiger partial charge in [-0.15, -0.1) is 11.3 Å². The molecule has 2 heterocycles. The van der Waals surface area contributed by atoms with Crippen molar-refractivity contribution in [2.24, 2.45) is 0 Å². The van der Waals surface area contributed by atoms with Crippen LogP contribution in [-0.4, -0.2) is 34.8 Å². The molecular weight excluding hydrogens is 388 g/mol. The van der Waals surface area contributed by atoms with E-state index in [0.29, 0.717) is 24.5 Å². The number of rotatable bonds is 9. The number of aliphatic carboxylic acids is 1. The summed E-state index contributed by atoms with van der Waals surface area (Å²) in [5.41, 5.74) is 2.60. The molecule has 0 atom stereocenters. The number of hydrogen-bond donors (Lipinski definition) is 3. The fraction of sp³-hybridized carbons (Fsp3) is 0.273. The van der Waals surface area contributed by atoms with Crippen LogP contribution in [0.15, 0.2) is 42.5 Å². The van der Waals surface area contributed by atoms with Crippen LogP contribution in [0, 0.1) is 0 Å². The molecule has 0 bridgehead atoms. The number of aryl methyl sites for hydroxylation is 1. The molecule has 0 spiro atoms. The molecule has 7 heteroatoms. The zero-order valence-corrected chi connectivity index (χ0v) is 17.3. The van der Waals surface area contributed by atoms with Gasteiger partial charge in [0.25, 0.3) is 0 Å². The lowest BCUT2D eigenvalue weighted by Crippen LogP contribution is -2.06. The monoisotopic (exact) mass is 412 g/mol. The Morgan fingerprint density at radius 1 is 1.17 bits per heavy atom. The Balaban J connectivity index is 1.96. The number of nitrogens with one attached hydrogen (secondary N) is 1. The van der Waals surface area contributed by atoms with Gasteiger partial charge < -0.3 is 20.3 Å². The van der Waals surface area contributed by atoms with Crippen molar-refractivity contribution in [1.29, 1.82) is 0 Å². The first-order chi connectivity index (χ1) is 14.0. The molecule has 0 saturated carbocycles. The van der Waals surface area contributed by atoms with E-state index < -0.39 is 5.97 Å². The summed E-state index contributed by atoms with van der Waals surface area (Å²) in [6.45, 7) is 2.65. The van der Waals surface area contributed by atoms with Gasteiger partial charge in [0.05, 0.1) is 12.8 Å². The first kappa shape index (κ1) is 20.7. The average molecular weight is 413 g/mol. The van der Waals surface area contributed by atoms with Gasteiger partial charge in [-0.1, -0.05) is 6.92 Å². The standard InChI is InChI=1S/C22H24N2O4S/c1-3-16-7-9-20(29-16)15-11-17(14-6-8-18(25)19(12-14)28-2)24-21(13-15)23-10-4-5-22(26)27/h6-9,11-13,25H,3-5,10H2,1-2H3,(H,23,24)(H,26,27). The van der Waals surface area contributed by atoms with Gasteiger partial charge in [0.15, 0.2) is 11.5 Å². The van der Waals surface area contributed by atoms with Crippen LogP contribution in [0.4, 0.5) is 5.82 Å². The van der Waals surface area contributed by atoms with Crippen LogP contribution in [0.25, 0.3) is 21.7 Å². The van der Waals surface area contributed by atoms with Crippen molar-refractivity contribution in [3.05, 3.63) is 47.3 Å². The molecule has 3 rings (SSSR count). The minimum Gasteiger partial charge on any atom is -0.504 e. The third-order valence-corrected chi connectivity index (χ3v) is 5.75. The molecule has 1 aromatic carbocycles. The summed E-state index contributed by atoms with van der Waals surface area (Å²) < 4.78 is 5.23. The molecule has 0 aliphatic heterocycles. The first-order valence-corrected chi connectivity index (χ1v) is 10.3. The van der Waals surface area contributed by atoms with Crippen LogP contribution in [0.2, 0.25) is 0 Å². The number of carboxylic acid groups (broad SMARTS) is 1. The van der Waals surface area contributed by atoms with E-state index >= 15 is 0 Å². The number of aromatic hydroxyl groups is 1. The Bertz CT molecular complexity index is 1000. The van der Waals surface area contributed by atoms with E-state index in [0.717, 1.165) is 28.1 Å². The Labute approximate surface area is 173 Å². The van der Waals surface area contributed by atoms with Gasteiger partial charge in [0, 0.05) is 28.3 Å². The molecule has 3 N–H and O–H groups in total. The minimum absolute atomic E-state index is 0.0743. The van der Waals surface area contributed by atoms with Crippen LogP contribution >= 0.6 is 11.3 Å². The Kier molecular flexibility index (Phi) is 6.72. The summed E-state index contributed by atoms with van der Waals surface area (Å²) in [4.78, 5) is 17.9. The van der Waals surface area contributed by atoms with Crippen molar-refractivity contribution in [3.8, 4) is 33.2 Å². The van der Waals surface area contributed by atoms with E-state index in [1.807, 2.05) is 12.1 Å². The summed E-state index contributed by atoms with van der Waals surface area (Å²) in [5, 5.41) is 21.9. The number of methoxy groups -OCH3 is 1. The smallest absolute Gasteiger partial charge is 0.303 e. The number of carboxylic acids is 1. The topological polar surface area (TPSA) is 91.7 Å². The van der Waals surface area contributed by atoms with Crippen molar-refractivity contribution in [2.75, 3.05) is 19.0 Å². The normalized spacial score (nSPS) is 10.7. The van der Waals surface area contributed by atoms with Crippen LogP contribution < -0.4 is 10.1 Å². The number of anilines is 1. The lowest BCUT2D eigenvalue weighted by Gasteiger charge is -2.11. The average Bonchev–Trinajstić information content (AvgIpc) is 3.20. The van der Waals surface area contributed by atoms with Gasteiger partial charge in [-0.25, -0.2) is 4.98 Å². The largest absolute Gasteiger partial charge is 0.504 e. The Hall–Kier alpha value is -3.06. The third kappa shape index (κ3) is 5.26. The number of carbonyl (C=O) groups is 1. The van der Waals surface area contributed by atoms with E-state index in [9.17, 15) is 9.90 Å². The summed E-state index contributed by atoms with van der Waals surface area (Å²) in [6, 6.07) is 13.4. The van der Waals surface area contributed by atoms with Crippen LogP contribution in [0.3, 0.4) is 0 Å². The Morgan fingerprint density at radius 2 is 2.00 bits per heavy atom. The molecule has 6 nitrogen and oxygen atoms in total. The maximum Gasteiger partial charge on any atom is 0.303 e. The van der Waals surface area contributed by atoms with Crippen LogP contribution in [0.1, 0.15) is 24.6 Å². The number of thiophene rings is 1. The molecule has 0 saturated heterocycles. The van der Waals surface area contributed by atoms with E-state index in [1.165, 1.54) is 12.0 Å². The van der Waals surface area contributed by atoms with Gasteiger partial charge in [-0.2, -0.15) is 0 Å². The zero-order chi connectivity index (χ0) is 20.8. The first-order valence-electron chi connectivity index (χ1n) is 9.44. The van der Waals surface area contributed by atoms with Crippen molar-refractivity contribution >= 4 is 23.1 Å². The van der Waals surface area contributed by atoms with Gasteiger partial charge in [0.1, 0.15) is 5.82 Å². The SMILES string of the molecule is CCc1ccc(-c2cc(NCCCC(=O)O)nc(-c3ccc(O)c(OC)c3)c2)s1. The van der Waals surface area contributed by atoms with Gasteiger partial charge in [-0.05, 0) is 60.9 Å². The number of hydrogen-bond acceptors (Lipinski definition) is 6. The van der Waals surface area contributed by atoms with Crippen molar-refractivity contribution in [2.45, 2.75) is 26.2 Å². The molecular formula is C22H24N2O4S. The minimum atomic E-state index is -0.809. The molecule has 3 aromatic rings. The second-order valence-corrected chi connectivity index (χ2v) is 7.72. The predicted molar refractivity (Wildman–Crippen MR) is 116 cm³/mol. The van der Waals surface area contributed by atoms with E-state index in [2.05, 4.69) is 29.4 Å². The Morgan fingerprint density at radius 3 is 2.69 bits per heavy atom. The molecule has 0 aliphatic carbocycles. The summed E-state index contributed by atoms with van der Waals surface area (Å²) >= 11 is 1.74. The highest BCUT2D eigenvalue weighted by molar-refractivity contribution is 7.15. The summed E-state index contributed by atoms with van der Waals surface area (Å²) in [5.74, 6) is 0.331. The van der Waals surface area contributed by atoms with Crippen LogP contribution in [-0.2, 0) is 11.2 Å². The molecule has 0 unspecified atom stereocenters. The molecule has 0 fully saturated rings. The highest BCUT2D eigenvalue weighted by Crippen LogP contribution is 2.35. The van der Waals surface area contributed by atoms with E-state index in [1.54, 1.807) is 29.5 Å². The van der Waals surface area contributed by atoms with E-state index in [4.69, 9.17) is 9.84 Å². The molecule has 152 valence electrons. The maximum absolute atomic E-state index is 10.7. The lowest BCUT2D eigenvalue weighted by molar-refractivity contribution is -0.137. The highest BCUT2D eigenvalue weighted by atomic mass is 32.1. The fourth-order valence-electron chi connectivity index (χ4n) is 2.93. The quantitative estimate of drug-likeness (QED) is 0.427. The molecule has 2 aromatic heterocycles.